The highest BCUT2D eigenvalue weighted by Crippen LogP contribution is 2.13. The third-order valence-corrected chi connectivity index (χ3v) is 2.95. The van der Waals surface area contributed by atoms with Crippen molar-refractivity contribution >= 4 is 12.0 Å². The lowest BCUT2D eigenvalue weighted by molar-refractivity contribution is -0.139. The smallest absolute Gasteiger partial charge is 0.331 e. The molecule has 112 valence electrons. The van der Waals surface area contributed by atoms with E-state index in [1.54, 1.807) is 32.6 Å². The molecule has 9 nitrogen and oxygen atoms in total. The fraction of sp³-hybridized carbons (Fsp3) is 0.333. The number of amides is 2. The van der Waals surface area contributed by atoms with Gasteiger partial charge in [0.25, 0.3) is 0 Å². The Labute approximate surface area is 120 Å². The summed E-state index contributed by atoms with van der Waals surface area (Å²) >= 11 is 0. The molecule has 0 saturated carbocycles. The molecule has 2 aromatic heterocycles. The van der Waals surface area contributed by atoms with Crippen LogP contribution in [-0.4, -0.2) is 37.1 Å². The Morgan fingerprint density at radius 3 is 2.62 bits per heavy atom. The number of urea groups is 1. The largest absolute Gasteiger partial charge is 0.479 e. The lowest BCUT2D eigenvalue weighted by atomic mass is 10.1. The average molecular weight is 292 g/mol. The van der Waals surface area contributed by atoms with Gasteiger partial charge >= 0.3 is 12.0 Å². The van der Waals surface area contributed by atoms with Crippen molar-refractivity contribution < 1.29 is 14.7 Å². The number of nitrogens with one attached hydrogen (secondary N) is 3. The Morgan fingerprint density at radius 2 is 2.10 bits per heavy atom. The highest BCUT2D eigenvalue weighted by molar-refractivity contribution is 5.83. The normalized spacial score (nSPS) is 13.4. The van der Waals surface area contributed by atoms with Crippen LogP contribution in [0.2, 0.25) is 0 Å². The van der Waals surface area contributed by atoms with Crippen LogP contribution in [0, 0.1) is 0 Å². The van der Waals surface area contributed by atoms with Crippen molar-refractivity contribution in [3.63, 3.8) is 0 Å². The molecule has 0 fully saturated rings. The second-order valence-corrected chi connectivity index (χ2v) is 4.59. The summed E-state index contributed by atoms with van der Waals surface area (Å²) in [4.78, 5) is 23.2. The molecule has 0 saturated heterocycles. The first-order valence-corrected chi connectivity index (χ1v) is 6.24. The maximum atomic E-state index is 11.9. The van der Waals surface area contributed by atoms with Crippen LogP contribution in [0.4, 0.5) is 4.79 Å². The third-order valence-electron chi connectivity index (χ3n) is 2.95. The second kappa shape index (κ2) is 6.07. The van der Waals surface area contributed by atoms with E-state index in [2.05, 4.69) is 25.9 Å². The molecule has 0 aliphatic carbocycles. The van der Waals surface area contributed by atoms with Gasteiger partial charge in [-0.2, -0.15) is 10.2 Å². The summed E-state index contributed by atoms with van der Waals surface area (Å²) in [5.41, 5.74) is 1.19. The molecule has 2 amide bonds. The molecule has 2 unspecified atom stereocenters. The number of H-pyrrole nitrogens is 1. The van der Waals surface area contributed by atoms with Crippen molar-refractivity contribution in [3.8, 4) is 0 Å². The van der Waals surface area contributed by atoms with Crippen LogP contribution in [0.25, 0.3) is 0 Å². The Bertz CT molecular complexity index is 621. The van der Waals surface area contributed by atoms with Crippen LogP contribution in [-0.2, 0) is 11.8 Å². The van der Waals surface area contributed by atoms with Crippen molar-refractivity contribution in [2.45, 2.75) is 19.0 Å². The van der Waals surface area contributed by atoms with Gasteiger partial charge in [-0.15, -0.1) is 0 Å². The molecule has 0 aromatic carbocycles. The lowest BCUT2D eigenvalue weighted by Crippen LogP contribution is -2.41. The summed E-state index contributed by atoms with van der Waals surface area (Å²) in [6.45, 7) is 1.77. The van der Waals surface area contributed by atoms with E-state index < -0.39 is 18.0 Å². The van der Waals surface area contributed by atoms with E-state index in [1.807, 2.05) is 0 Å². The summed E-state index contributed by atoms with van der Waals surface area (Å²) in [6, 6.07) is -2.04. The van der Waals surface area contributed by atoms with Gasteiger partial charge in [-0.25, -0.2) is 9.59 Å². The van der Waals surface area contributed by atoms with Gasteiger partial charge < -0.3 is 15.7 Å². The first-order valence-electron chi connectivity index (χ1n) is 6.24. The third kappa shape index (κ3) is 3.59. The quantitative estimate of drug-likeness (QED) is 0.632. The zero-order valence-corrected chi connectivity index (χ0v) is 11.6. The van der Waals surface area contributed by atoms with E-state index in [9.17, 15) is 14.7 Å². The summed E-state index contributed by atoms with van der Waals surface area (Å²) in [5, 5.41) is 24.6. The van der Waals surface area contributed by atoms with Crippen LogP contribution in [0.5, 0.6) is 0 Å². The molecule has 0 aliphatic rings. The van der Waals surface area contributed by atoms with Gasteiger partial charge in [0.2, 0.25) is 0 Å². The van der Waals surface area contributed by atoms with Gasteiger partial charge in [-0.1, -0.05) is 0 Å². The molecule has 2 rings (SSSR count). The fourth-order valence-electron chi connectivity index (χ4n) is 1.83. The van der Waals surface area contributed by atoms with Crippen molar-refractivity contribution in [1.29, 1.82) is 0 Å². The lowest BCUT2D eigenvalue weighted by Gasteiger charge is -2.16. The molecule has 9 heteroatoms. The Balaban J connectivity index is 2.00. The number of aliphatic carboxylic acids is 1. The molecule has 4 N–H and O–H groups in total. The number of rotatable bonds is 5. The zero-order chi connectivity index (χ0) is 15.4. The molecule has 21 heavy (non-hydrogen) atoms. The number of aromatic amines is 1. The Kier molecular flexibility index (Phi) is 4.21. The Hall–Kier alpha value is -2.84. The summed E-state index contributed by atoms with van der Waals surface area (Å²) in [7, 11) is 1.67. The first-order chi connectivity index (χ1) is 9.97. The van der Waals surface area contributed by atoms with Gasteiger partial charge in [0.05, 0.1) is 18.4 Å². The van der Waals surface area contributed by atoms with Crippen LogP contribution >= 0.6 is 0 Å². The zero-order valence-electron chi connectivity index (χ0n) is 11.6. The maximum absolute atomic E-state index is 11.9. The number of carboxylic acid groups (broad SMARTS) is 1. The molecular weight excluding hydrogens is 276 g/mol. The van der Waals surface area contributed by atoms with Crippen LogP contribution in [0.15, 0.2) is 24.8 Å². The molecule has 0 spiro atoms. The number of carbonyl (C=O) groups is 2. The molecule has 0 radical (unpaired) electrons. The second-order valence-electron chi connectivity index (χ2n) is 4.59. The van der Waals surface area contributed by atoms with Crippen molar-refractivity contribution in [2.75, 3.05) is 0 Å². The van der Waals surface area contributed by atoms with Crippen LogP contribution < -0.4 is 10.6 Å². The van der Waals surface area contributed by atoms with E-state index in [4.69, 9.17) is 0 Å². The summed E-state index contributed by atoms with van der Waals surface area (Å²) < 4.78 is 1.47. The van der Waals surface area contributed by atoms with E-state index in [0.29, 0.717) is 5.56 Å². The number of hydrogen-bond donors (Lipinski definition) is 4. The molecule has 2 atom stereocenters. The number of carbonyl (C=O) groups excluding carboxylic acids is 1. The number of carboxylic acids is 1. The van der Waals surface area contributed by atoms with E-state index in [0.717, 1.165) is 5.56 Å². The van der Waals surface area contributed by atoms with Gasteiger partial charge in [0, 0.05) is 30.6 Å². The van der Waals surface area contributed by atoms with E-state index in [1.165, 1.54) is 10.9 Å². The van der Waals surface area contributed by atoms with Gasteiger partial charge in [0.1, 0.15) is 0 Å². The topological polar surface area (TPSA) is 125 Å². The minimum atomic E-state index is -1.16. The predicted octanol–water partition coefficient (Wildman–Crippen LogP) is 0.329. The monoisotopic (exact) mass is 292 g/mol. The maximum Gasteiger partial charge on any atom is 0.331 e. The number of nitrogens with zero attached hydrogens (tertiary/aromatic N) is 3. The molecule has 2 heterocycles. The van der Waals surface area contributed by atoms with Crippen LogP contribution in [0.1, 0.15) is 30.1 Å². The van der Waals surface area contributed by atoms with Crippen molar-refractivity contribution in [2.24, 2.45) is 7.05 Å². The van der Waals surface area contributed by atoms with Crippen molar-refractivity contribution in [1.82, 2.24) is 30.6 Å². The first kappa shape index (κ1) is 14.6. The van der Waals surface area contributed by atoms with Gasteiger partial charge in [0.15, 0.2) is 6.04 Å². The highest BCUT2D eigenvalue weighted by Gasteiger charge is 2.24. The minimum absolute atomic E-state index is 0.299. The minimum Gasteiger partial charge on any atom is -0.479 e. The summed E-state index contributed by atoms with van der Waals surface area (Å²) in [5.74, 6) is -1.16. The highest BCUT2D eigenvalue weighted by atomic mass is 16.4. The van der Waals surface area contributed by atoms with E-state index >= 15 is 0 Å². The number of aromatic nitrogens is 4. The summed E-state index contributed by atoms with van der Waals surface area (Å²) in [6.07, 6.45) is 6.18. The standard InChI is InChI=1S/C12H16N6O3/c1-7(8-3-13-14-4-8)16-12(21)17-10(11(19)20)9-5-15-18(2)6-9/h3-7,10H,1-2H3,(H,13,14)(H,19,20)(H2,16,17,21). The number of aryl methyl sites for hydroxylation is 1. The Morgan fingerprint density at radius 1 is 1.33 bits per heavy atom. The molecule has 0 bridgehead atoms. The number of hydrogen-bond acceptors (Lipinski definition) is 4. The van der Waals surface area contributed by atoms with Crippen LogP contribution in [0.3, 0.4) is 0 Å². The fourth-order valence-corrected chi connectivity index (χ4v) is 1.83. The SMILES string of the molecule is CC(NC(=O)NC(C(=O)O)c1cnn(C)c1)c1cn[nH]c1. The molecule has 2 aromatic rings. The van der Waals surface area contributed by atoms with Crippen molar-refractivity contribution in [3.05, 3.63) is 35.9 Å². The molecule has 0 aliphatic heterocycles. The van der Waals surface area contributed by atoms with E-state index in [-0.39, 0.29) is 6.04 Å². The molecular formula is C12H16N6O3. The van der Waals surface area contributed by atoms with Gasteiger partial charge in [-0.3, -0.25) is 9.78 Å². The average Bonchev–Trinajstić information content (AvgIpc) is 3.06. The predicted molar refractivity (Wildman–Crippen MR) is 72.3 cm³/mol. The van der Waals surface area contributed by atoms with Gasteiger partial charge in [-0.05, 0) is 6.92 Å².